The molecule has 1 unspecified atom stereocenters. The first-order valence-corrected chi connectivity index (χ1v) is 12.9. The van der Waals surface area contributed by atoms with Crippen LogP contribution >= 0.6 is 0 Å². The van der Waals surface area contributed by atoms with Crippen LogP contribution in [-0.2, 0) is 0 Å². The van der Waals surface area contributed by atoms with Crippen LogP contribution in [0.25, 0.3) is 33.5 Å². The Bertz CT molecular complexity index is 2020. The molecule has 4 heterocycles. The number of nitrogens with zero attached hydrogens (tertiary/aromatic N) is 5. The summed E-state index contributed by atoms with van der Waals surface area (Å²) in [5.74, 6) is 0.917. The van der Waals surface area contributed by atoms with Gasteiger partial charge in [-0.25, -0.2) is 4.98 Å². The van der Waals surface area contributed by atoms with Crippen LogP contribution in [0.3, 0.4) is 0 Å². The highest BCUT2D eigenvalue weighted by molar-refractivity contribution is 6.02. The van der Waals surface area contributed by atoms with Gasteiger partial charge in [-0.2, -0.15) is 0 Å². The standard InChI is InChI=1S/C32H22N6/c1-3-11-21(12-4-1)35-25-15-7-9-17-27(25)37-29-20-24-30(19-23(29)33-31(35)37)38-28-18-10-8-16-26(28)36(32(38)34-24)22-13-5-2-6-14-22/h1-20,31,33H. The second-order valence-corrected chi connectivity index (χ2v) is 9.85. The molecule has 180 valence electrons. The van der Waals surface area contributed by atoms with Gasteiger partial charge in [-0.1, -0.05) is 60.7 Å². The molecule has 2 aliphatic rings. The predicted octanol–water partition coefficient (Wildman–Crippen LogP) is 7.43. The molecule has 1 N–H and O–H groups in total. The van der Waals surface area contributed by atoms with Gasteiger partial charge in [0.05, 0.1) is 44.8 Å². The SMILES string of the molecule is c1ccc(N2c3ccccc3N3c4cc5nc6n(-c7ccccc7)c7ccccc7n6c5cc4NC23)cc1. The first kappa shape index (κ1) is 19.9. The van der Waals surface area contributed by atoms with Crippen molar-refractivity contribution >= 4 is 56.3 Å². The molecule has 1 atom stereocenters. The van der Waals surface area contributed by atoms with E-state index in [0.717, 1.165) is 50.6 Å². The first-order valence-electron chi connectivity index (χ1n) is 12.9. The fraction of sp³-hybridized carbons (Fsp3) is 0.0312. The Morgan fingerprint density at radius 1 is 0.553 bits per heavy atom. The Balaban J connectivity index is 1.29. The van der Waals surface area contributed by atoms with Gasteiger partial charge in [0.1, 0.15) is 0 Å². The Morgan fingerprint density at radius 3 is 1.95 bits per heavy atom. The quantitative estimate of drug-likeness (QED) is 0.274. The Morgan fingerprint density at radius 2 is 1.18 bits per heavy atom. The zero-order chi connectivity index (χ0) is 24.8. The van der Waals surface area contributed by atoms with Crippen molar-refractivity contribution in [1.82, 2.24) is 14.0 Å². The third-order valence-electron chi connectivity index (χ3n) is 7.80. The van der Waals surface area contributed by atoms with Crippen molar-refractivity contribution in [2.75, 3.05) is 15.1 Å². The molecule has 0 fully saturated rings. The van der Waals surface area contributed by atoms with E-state index >= 15 is 0 Å². The van der Waals surface area contributed by atoms with E-state index in [1.165, 1.54) is 11.4 Å². The van der Waals surface area contributed by atoms with Crippen molar-refractivity contribution in [3.05, 3.63) is 121 Å². The van der Waals surface area contributed by atoms with Crippen LogP contribution in [0.1, 0.15) is 0 Å². The number of para-hydroxylation sites is 6. The van der Waals surface area contributed by atoms with Crippen molar-refractivity contribution in [3.63, 3.8) is 0 Å². The summed E-state index contributed by atoms with van der Waals surface area (Å²) in [5, 5.41) is 3.83. The third-order valence-corrected chi connectivity index (χ3v) is 7.80. The normalized spacial score (nSPS) is 15.7. The molecule has 5 aromatic carbocycles. The predicted molar refractivity (Wildman–Crippen MR) is 154 cm³/mol. The monoisotopic (exact) mass is 490 g/mol. The lowest BCUT2D eigenvalue weighted by atomic mass is 10.2. The minimum absolute atomic E-state index is 0.0394. The molecule has 0 radical (unpaired) electrons. The number of hydrogen-bond acceptors (Lipinski definition) is 4. The van der Waals surface area contributed by atoms with Gasteiger partial charge in [-0.3, -0.25) is 13.9 Å². The lowest BCUT2D eigenvalue weighted by Crippen LogP contribution is -2.40. The van der Waals surface area contributed by atoms with Crippen molar-refractivity contribution in [2.24, 2.45) is 0 Å². The Kier molecular flexibility index (Phi) is 3.75. The maximum absolute atomic E-state index is 5.21. The molecule has 0 bridgehead atoms. The number of fused-ring (bicyclic) bond motifs is 10. The maximum Gasteiger partial charge on any atom is 0.220 e. The van der Waals surface area contributed by atoms with Gasteiger partial charge in [0, 0.05) is 11.4 Å². The lowest BCUT2D eigenvalue weighted by molar-refractivity contribution is 0.808. The summed E-state index contributed by atoms with van der Waals surface area (Å²) >= 11 is 0. The first-order chi connectivity index (χ1) is 18.9. The fourth-order valence-electron chi connectivity index (χ4n) is 6.23. The Hall–Kier alpha value is -5.23. The summed E-state index contributed by atoms with van der Waals surface area (Å²) in [7, 11) is 0. The zero-order valence-electron chi connectivity index (χ0n) is 20.4. The van der Waals surface area contributed by atoms with E-state index in [1.54, 1.807) is 0 Å². The number of aromatic nitrogens is 3. The van der Waals surface area contributed by atoms with E-state index in [9.17, 15) is 0 Å². The molecule has 2 aliphatic heterocycles. The van der Waals surface area contributed by atoms with E-state index in [4.69, 9.17) is 4.98 Å². The van der Waals surface area contributed by atoms with E-state index < -0.39 is 0 Å². The molecule has 6 nitrogen and oxygen atoms in total. The molecule has 2 aromatic heterocycles. The lowest BCUT2D eigenvalue weighted by Gasteiger charge is -2.27. The molecular weight excluding hydrogens is 468 g/mol. The number of rotatable bonds is 2. The van der Waals surface area contributed by atoms with Gasteiger partial charge in [-0.15, -0.1) is 0 Å². The van der Waals surface area contributed by atoms with Crippen molar-refractivity contribution in [2.45, 2.75) is 6.29 Å². The summed E-state index contributed by atoms with van der Waals surface area (Å²) in [4.78, 5) is 9.98. The number of anilines is 5. The highest BCUT2D eigenvalue weighted by Gasteiger charge is 2.43. The molecule has 0 saturated carbocycles. The molecule has 0 aliphatic carbocycles. The average molecular weight is 491 g/mol. The van der Waals surface area contributed by atoms with Gasteiger partial charge in [0.25, 0.3) is 0 Å². The van der Waals surface area contributed by atoms with E-state index in [1.807, 2.05) is 6.07 Å². The summed E-state index contributed by atoms with van der Waals surface area (Å²) in [6, 6.07) is 42.7. The second-order valence-electron chi connectivity index (χ2n) is 9.85. The van der Waals surface area contributed by atoms with Crippen LogP contribution in [0.2, 0.25) is 0 Å². The van der Waals surface area contributed by atoms with Crippen LogP contribution in [0.5, 0.6) is 0 Å². The number of benzene rings is 5. The summed E-state index contributed by atoms with van der Waals surface area (Å²) in [6.07, 6.45) is -0.0394. The minimum Gasteiger partial charge on any atom is -0.346 e. The van der Waals surface area contributed by atoms with E-state index in [-0.39, 0.29) is 6.29 Å². The number of imidazole rings is 2. The Labute approximate surface area is 218 Å². The number of hydrogen-bond donors (Lipinski definition) is 1. The van der Waals surface area contributed by atoms with Crippen LogP contribution in [0.4, 0.5) is 28.4 Å². The highest BCUT2D eigenvalue weighted by Crippen LogP contribution is 2.53. The van der Waals surface area contributed by atoms with Crippen LogP contribution in [0, 0.1) is 0 Å². The molecular formula is C32H22N6. The largest absolute Gasteiger partial charge is 0.346 e. The molecule has 0 saturated heterocycles. The van der Waals surface area contributed by atoms with Crippen LogP contribution in [0.15, 0.2) is 121 Å². The van der Waals surface area contributed by atoms with Crippen LogP contribution < -0.4 is 15.1 Å². The van der Waals surface area contributed by atoms with Gasteiger partial charge in [0.15, 0.2) is 6.29 Å². The summed E-state index contributed by atoms with van der Waals surface area (Å²) in [5.41, 5.74) is 11.3. The topological polar surface area (TPSA) is 40.7 Å². The summed E-state index contributed by atoms with van der Waals surface area (Å²) in [6.45, 7) is 0. The molecule has 0 amide bonds. The van der Waals surface area contributed by atoms with E-state index in [2.05, 4.69) is 139 Å². The second kappa shape index (κ2) is 7.17. The molecule has 6 heteroatoms. The zero-order valence-corrected chi connectivity index (χ0v) is 20.4. The maximum atomic E-state index is 5.21. The van der Waals surface area contributed by atoms with Crippen molar-refractivity contribution < 1.29 is 0 Å². The fourth-order valence-corrected chi connectivity index (χ4v) is 6.23. The molecule has 9 rings (SSSR count). The van der Waals surface area contributed by atoms with Crippen LogP contribution in [-0.4, -0.2) is 20.2 Å². The third kappa shape index (κ3) is 2.48. The van der Waals surface area contributed by atoms with E-state index in [0.29, 0.717) is 0 Å². The van der Waals surface area contributed by atoms with Crippen molar-refractivity contribution in [1.29, 1.82) is 0 Å². The average Bonchev–Trinajstić information content (AvgIpc) is 3.68. The van der Waals surface area contributed by atoms with Gasteiger partial charge >= 0.3 is 0 Å². The minimum atomic E-state index is -0.0394. The molecule has 7 aromatic rings. The highest BCUT2D eigenvalue weighted by atomic mass is 15.5. The molecule has 0 spiro atoms. The van der Waals surface area contributed by atoms with Gasteiger partial charge < -0.3 is 10.2 Å². The van der Waals surface area contributed by atoms with Gasteiger partial charge in [0.2, 0.25) is 5.78 Å². The molecule has 38 heavy (non-hydrogen) atoms. The van der Waals surface area contributed by atoms with Crippen molar-refractivity contribution in [3.8, 4) is 5.69 Å². The van der Waals surface area contributed by atoms with Gasteiger partial charge in [-0.05, 0) is 60.7 Å². The summed E-state index contributed by atoms with van der Waals surface area (Å²) < 4.78 is 4.53. The number of nitrogens with one attached hydrogen (secondary N) is 1. The smallest absolute Gasteiger partial charge is 0.220 e.